The third-order valence-corrected chi connectivity index (χ3v) is 6.29. The van der Waals surface area contributed by atoms with Crippen LogP contribution in [0.3, 0.4) is 0 Å². The van der Waals surface area contributed by atoms with Gasteiger partial charge in [-0.05, 0) is 74.2 Å². The van der Waals surface area contributed by atoms with Crippen LogP contribution in [-0.4, -0.2) is 41.8 Å². The SMILES string of the molecule is Cc1ccc(C(=O)N[C@@H](C(=O)NCc2ccco2)C2CCN(C(=O)c3ccc(F)cc3)CC2)cc1. The molecule has 2 aromatic carbocycles. The summed E-state index contributed by atoms with van der Waals surface area (Å²) < 4.78 is 18.5. The van der Waals surface area contributed by atoms with Crippen molar-refractivity contribution in [3.8, 4) is 0 Å². The van der Waals surface area contributed by atoms with Crippen LogP contribution in [-0.2, 0) is 11.3 Å². The van der Waals surface area contributed by atoms with Gasteiger partial charge in [0.1, 0.15) is 17.6 Å². The van der Waals surface area contributed by atoms with Crippen LogP contribution in [0, 0.1) is 18.7 Å². The Morgan fingerprint density at radius 2 is 1.66 bits per heavy atom. The number of benzene rings is 2. The molecule has 0 spiro atoms. The van der Waals surface area contributed by atoms with E-state index in [0.29, 0.717) is 42.8 Å². The Kier molecular flexibility index (Phi) is 7.60. The van der Waals surface area contributed by atoms with Gasteiger partial charge in [-0.15, -0.1) is 0 Å². The molecule has 3 amide bonds. The van der Waals surface area contributed by atoms with E-state index < -0.39 is 11.9 Å². The van der Waals surface area contributed by atoms with Crippen molar-refractivity contribution in [1.29, 1.82) is 0 Å². The van der Waals surface area contributed by atoms with Crippen LogP contribution < -0.4 is 10.6 Å². The average molecular weight is 478 g/mol. The van der Waals surface area contributed by atoms with Crippen LogP contribution in [0.5, 0.6) is 0 Å². The smallest absolute Gasteiger partial charge is 0.253 e. The van der Waals surface area contributed by atoms with E-state index in [1.165, 1.54) is 30.5 Å². The first-order valence-electron chi connectivity index (χ1n) is 11.6. The molecule has 8 heteroatoms. The summed E-state index contributed by atoms with van der Waals surface area (Å²) in [7, 11) is 0. The Morgan fingerprint density at radius 3 is 2.29 bits per heavy atom. The summed E-state index contributed by atoms with van der Waals surface area (Å²) in [5.41, 5.74) is 1.93. The van der Waals surface area contributed by atoms with E-state index in [0.717, 1.165) is 5.56 Å². The molecule has 35 heavy (non-hydrogen) atoms. The fraction of sp³-hybridized carbons (Fsp3) is 0.296. The summed E-state index contributed by atoms with van der Waals surface area (Å²) in [6.07, 6.45) is 2.62. The van der Waals surface area contributed by atoms with Crippen LogP contribution >= 0.6 is 0 Å². The molecule has 1 aliphatic heterocycles. The van der Waals surface area contributed by atoms with E-state index in [1.807, 2.05) is 19.1 Å². The summed E-state index contributed by atoms with van der Waals surface area (Å²) in [6, 6.07) is 15.4. The number of halogens is 1. The monoisotopic (exact) mass is 477 g/mol. The fourth-order valence-electron chi connectivity index (χ4n) is 4.24. The van der Waals surface area contributed by atoms with Gasteiger partial charge < -0.3 is 20.0 Å². The fourth-order valence-corrected chi connectivity index (χ4v) is 4.24. The second-order valence-corrected chi connectivity index (χ2v) is 8.75. The maximum absolute atomic E-state index is 13.2. The van der Waals surface area contributed by atoms with E-state index >= 15 is 0 Å². The summed E-state index contributed by atoms with van der Waals surface area (Å²) in [6.45, 7) is 3.02. The zero-order chi connectivity index (χ0) is 24.8. The Morgan fingerprint density at radius 1 is 1.00 bits per heavy atom. The predicted molar refractivity (Wildman–Crippen MR) is 128 cm³/mol. The number of nitrogens with zero attached hydrogens (tertiary/aromatic N) is 1. The first-order chi connectivity index (χ1) is 16.9. The van der Waals surface area contributed by atoms with E-state index in [9.17, 15) is 18.8 Å². The zero-order valence-corrected chi connectivity index (χ0v) is 19.5. The van der Waals surface area contributed by atoms with Gasteiger partial charge in [0.15, 0.2) is 0 Å². The molecule has 1 aromatic heterocycles. The minimum Gasteiger partial charge on any atom is -0.467 e. The number of hydrogen-bond acceptors (Lipinski definition) is 4. The molecule has 0 saturated carbocycles. The highest BCUT2D eigenvalue weighted by Crippen LogP contribution is 2.23. The van der Waals surface area contributed by atoms with Crippen LogP contribution in [0.25, 0.3) is 0 Å². The van der Waals surface area contributed by atoms with Crippen LogP contribution in [0.1, 0.15) is 44.9 Å². The third kappa shape index (κ3) is 6.15. The molecule has 4 rings (SSSR count). The highest BCUT2D eigenvalue weighted by atomic mass is 19.1. The molecule has 3 aromatic rings. The number of aryl methyl sites for hydroxylation is 1. The lowest BCUT2D eigenvalue weighted by Gasteiger charge is -2.35. The molecule has 182 valence electrons. The number of rotatable bonds is 7. The number of hydrogen-bond donors (Lipinski definition) is 2. The molecule has 1 saturated heterocycles. The van der Waals surface area contributed by atoms with Crippen LogP contribution in [0.4, 0.5) is 4.39 Å². The lowest BCUT2D eigenvalue weighted by molar-refractivity contribution is -0.124. The third-order valence-electron chi connectivity index (χ3n) is 6.29. The van der Waals surface area contributed by atoms with E-state index in [4.69, 9.17) is 4.42 Å². The van der Waals surface area contributed by atoms with Gasteiger partial charge in [-0.1, -0.05) is 17.7 Å². The number of nitrogens with one attached hydrogen (secondary N) is 2. The molecular formula is C27H28FN3O4. The second kappa shape index (κ2) is 11.0. The van der Waals surface area contributed by atoms with Gasteiger partial charge in [0, 0.05) is 24.2 Å². The van der Waals surface area contributed by atoms with Crippen molar-refractivity contribution in [3.05, 3.63) is 95.2 Å². The lowest BCUT2D eigenvalue weighted by Crippen LogP contribution is -2.53. The van der Waals surface area contributed by atoms with Crippen molar-refractivity contribution in [2.45, 2.75) is 32.4 Å². The molecule has 0 aliphatic carbocycles. The number of piperidine rings is 1. The number of furan rings is 1. The van der Waals surface area contributed by atoms with Gasteiger partial charge >= 0.3 is 0 Å². The standard InChI is InChI=1S/C27H28FN3O4/c1-18-4-6-20(7-5-18)25(32)30-24(26(33)29-17-23-3-2-16-35-23)19-12-14-31(15-13-19)27(34)21-8-10-22(28)11-9-21/h2-11,16,19,24H,12-15,17H2,1H3,(H,29,33)(H,30,32)/t24-/m1/s1. The second-order valence-electron chi connectivity index (χ2n) is 8.75. The molecule has 1 fully saturated rings. The number of carbonyl (C=O) groups is 3. The Balaban J connectivity index is 1.43. The van der Waals surface area contributed by atoms with E-state index in [1.54, 1.807) is 29.2 Å². The molecular weight excluding hydrogens is 449 g/mol. The Bertz CT molecular complexity index is 1150. The van der Waals surface area contributed by atoms with Crippen molar-refractivity contribution in [1.82, 2.24) is 15.5 Å². The first-order valence-corrected chi connectivity index (χ1v) is 11.6. The maximum Gasteiger partial charge on any atom is 0.253 e. The number of carbonyl (C=O) groups excluding carboxylic acids is 3. The van der Waals surface area contributed by atoms with Gasteiger partial charge in [-0.25, -0.2) is 4.39 Å². The van der Waals surface area contributed by atoms with E-state index in [-0.39, 0.29) is 30.2 Å². The normalized spacial score (nSPS) is 14.9. The molecule has 1 atom stereocenters. The average Bonchev–Trinajstić information content (AvgIpc) is 3.40. The van der Waals surface area contributed by atoms with Crippen molar-refractivity contribution < 1.29 is 23.2 Å². The van der Waals surface area contributed by atoms with Crippen LogP contribution in [0.15, 0.2) is 71.3 Å². The first kappa shape index (κ1) is 24.2. The molecule has 0 unspecified atom stereocenters. The topological polar surface area (TPSA) is 91.7 Å². The Hall–Kier alpha value is -3.94. The zero-order valence-electron chi connectivity index (χ0n) is 19.5. The van der Waals surface area contributed by atoms with Gasteiger partial charge in [-0.2, -0.15) is 0 Å². The quantitative estimate of drug-likeness (QED) is 0.543. The highest BCUT2D eigenvalue weighted by molar-refractivity contribution is 5.97. The maximum atomic E-state index is 13.2. The lowest BCUT2D eigenvalue weighted by atomic mass is 9.88. The van der Waals surface area contributed by atoms with Gasteiger partial charge in [-0.3, -0.25) is 14.4 Å². The summed E-state index contributed by atoms with van der Waals surface area (Å²) in [4.78, 5) is 40.6. The largest absolute Gasteiger partial charge is 0.467 e. The highest BCUT2D eigenvalue weighted by Gasteiger charge is 2.34. The molecule has 1 aliphatic rings. The van der Waals surface area contributed by atoms with Gasteiger partial charge in [0.05, 0.1) is 12.8 Å². The molecule has 2 N–H and O–H groups in total. The summed E-state index contributed by atoms with van der Waals surface area (Å²) >= 11 is 0. The minimum absolute atomic E-state index is 0.154. The van der Waals surface area contributed by atoms with Gasteiger partial charge in [0.2, 0.25) is 5.91 Å². The summed E-state index contributed by atoms with van der Waals surface area (Å²) in [5, 5.41) is 5.76. The van der Waals surface area contributed by atoms with Crippen molar-refractivity contribution in [2.75, 3.05) is 13.1 Å². The molecule has 0 bridgehead atoms. The molecule has 2 heterocycles. The van der Waals surface area contributed by atoms with Crippen LogP contribution in [0.2, 0.25) is 0 Å². The van der Waals surface area contributed by atoms with E-state index in [2.05, 4.69) is 10.6 Å². The minimum atomic E-state index is -0.762. The number of amides is 3. The van der Waals surface area contributed by atoms with Crippen molar-refractivity contribution in [3.63, 3.8) is 0 Å². The predicted octanol–water partition coefficient (Wildman–Crippen LogP) is 3.69. The molecule has 7 nitrogen and oxygen atoms in total. The summed E-state index contributed by atoms with van der Waals surface area (Å²) in [5.74, 6) is -0.739. The van der Waals surface area contributed by atoms with Crippen molar-refractivity contribution >= 4 is 17.7 Å². The molecule has 0 radical (unpaired) electrons. The number of likely N-dealkylation sites (tertiary alicyclic amines) is 1. The Labute approximate surface area is 203 Å². The van der Waals surface area contributed by atoms with Crippen molar-refractivity contribution in [2.24, 2.45) is 5.92 Å². The van der Waals surface area contributed by atoms with Gasteiger partial charge in [0.25, 0.3) is 11.8 Å².